The van der Waals surface area contributed by atoms with Gasteiger partial charge in [-0.15, -0.1) is 0 Å². The summed E-state index contributed by atoms with van der Waals surface area (Å²) in [6, 6.07) is 4.30. The highest BCUT2D eigenvalue weighted by molar-refractivity contribution is 5.97. The van der Waals surface area contributed by atoms with Gasteiger partial charge in [0.2, 0.25) is 11.7 Å². The predicted molar refractivity (Wildman–Crippen MR) is 132 cm³/mol. The molecule has 0 radical (unpaired) electrons. The van der Waals surface area contributed by atoms with Crippen LogP contribution in [-0.4, -0.2) is 126 Å². The molecule has 0 unspecified atom stereocenters. The quantitative estimate of drug-likeness (QED) is 0.130. The standard InChI is InChI=1S/C25H28O16/c26-5-12-16(30)19(33)21(35)24(39-12)37-6-13-17(31)20(34)22(36)25(40-13)41-23-8(28)1-2-10-15(23)18(32)14-9(29)3-7(27)4-11(14)38-10/h1-4,12-13,16-17,19-22,24-31,33-36H,5-6H2/t12-,13-,16-,17-,19+,20+,21-,22-,24-,25+/m1/s1. The van der Waals surface area contributed by atoms with E-state index in [4.69, 9.17) is 23.4 Å². The van der Waals surface area contributed by atoms with Gasteiger partial charge in [0.25, 0.3) is 0 Å². The number of hydrogen-bond donors (Lipinski definition) is 10. The zero-order valence-electron chi connectivity index (χ0n) is 20.9. The van der Waals surface area contributed by atoms with Crippen LogP contribution in [0.3, 0.4) is 0 Å². The van der Waals surface area contributed by atoms with Gasteiger partial charge in [0.15, 0.2) is 17.8 Å². The summed E-state index contributed by atoms with van der Waals surface area (Å²) >= 11 is 0. The highest BCUT2D eigenvalue weighted by Gasteiger charge is 2.48. The Kier molecular flexibility index (Phi) is 7.96. The fraction of sp³-hybridized carbons (Fsp3) is 0.480. The van der Waals surface area contributed by atoms with Crippen molar-refractivity contribution in [3.05, 3.63) is 34.5 Å². The molecule has 1 aromatic heterocycles. The van der Waals surface area contributed by atoms with Crippen molar-refractivity contribution in [3.63, 3.8) is 0 Å². The van der Waals surface area contributed by atoms with Gasteiger partial charge in [0.1, 0.15) is 82.3 Å². The second kappa shape index (κ2) is 11.2. The van der Waals surface area contributed by atoms with Crippen LogP contribution in [0.4, 0.5) is 0 Å². The van der Waals surface area contributed by atoms with E-state index in [1.54, 1.807) is 0 Å². The molecule has 10 N–H and O–H groups in total. The molecule has 10 atom stereocenters. The number of fused-ring (bicyclic) bond motifs is 2. The Morgan fingerprint density at radius 1 is 0.707 bits per heavy atom. The lowest BCUT2D eigenvalue weighted by molar-refractivity contribution is -0.323. The van der Waals surface area contributed by atoms with E-state index in [-0.39, 0.29) is 27.7 Å². The van der Waals surface area contributed by atoms with Crippen molar-refractivity contribution in [3.8, 4) is 23.0 Å². The van der Waals surface area contributed by atoms with Gasteiger partial charge >= 0.3 is 0 Å². The van der Waals surface area contributed by atoms with Gasteiger partial charge in [0, 0.05) is 12.1 Å². The van der Waals surface area contributed by atoms with Crippen LogP contribution in [-0.2, 0) is 14.2 Å². The van der Waals surface area contributed by atoms with E-state index in [9.17, 15) is 55.9 Å². The summed E-state index contributed by atoms with van der Waals surface area (Å²) in [5.41, 5.74) is -1.19. The molecule has 5 rings (SSSR count). The third-order valence-corrected chi connectivity index (χ3v) is 7.01. The largest absolute Gasteiger partial charge is 0.508 e. The lowest BCUT2D eigenvalue weighted by Gasteiger charge is -2.42. The SMILES string of the molecule is O=c1c2c(O)cc(O)cc2oc2ccc(O)c(O[C@@H]3O[C@H](CO[C@@H]4O[C@H](CO)[C@@H](O)[C@H](O)[C@H]4O)[C@@H](O)[C@H](O)[C@H]3O)c12. The summed E-state index contributed by atoms with van der Waals surface area (Å²) in [4.78, 5) is 13.3. The first kappa shape index (κ1) is 29.2. The highest BCUT2D eigenvalue weighted by Crippen LogP contribution is 2.39. The molecule has 2 fully saturated rings. The summed E-state index contributed by atoms with van der Waals surface area (Å²) in [7, 11) is 0. The Morgan fingerprint density at radius 2 is 1.34 bits per heavy atom. The highest BCUT2D eigenvalue weighted by atomic mass is 16.7. The van der Waals surface area contributed by atoms with E-state index in [0.717, 1.165) is 18.2 Å². The van der Waals surface area contributed by atoms with Crippen LogP contribution < -0.4 is 10.2 Å². The number of phenolic OH excluding ortho intramolecular Hbond substituents is 3. The molecule has 0 aliphatic carbocycles. The van der Waals surface area contributed by atoms with Crippen molar-refractivity contribution in [2.45, 2.75) is 61.4 Å². The molecule has 0 amide bonds. The Bertz CT molecular complexity index is 1470. The molecule has 0 spiro atoms. The van der Waals surface area contributed by atoms with Crippen LogP contribution in [0.15, 0.2) is 33.5 Å². The van der Waals surface area contributed by atoms with Gasteiger partial charge in [-0.3, -0.25) is 4.79 Å². The number of aromatic hydroxyl groups is 3. The Balaban J connectivity index is 1.42. The second-order valence-corrected chi connectivity index (χ2v) is 9.72. The summed E-state index contributed by atoms with van der Waals surface area (Å²) in [6.45, 7) is -1.36. The van der Waals surface area contributed by atoms with Crippen LogP contribution in [0.1, 0.15) is 0 Å². The van der Waals surface area contributed by atoms with Crippen molar-refractivity contribution in [1.82, 2.24) is 0 Å². The molecular formula is C25H28O16. The number of hydrogen-bond acceptors (Lipinski definition) is 16. The fourth-order valence-corrected chi connectivity index (χ4v) is 4.77. The minimum absolute atomic E-state index is 0.145. The maximum Gasteiger partial charge on any atom is 0.229 e. The molecule has 16 heteroatoms. The lowest BCUT2D eigenvalue weighted by atomic mass is 9.98. The van der Waals surface area contributed by atoms with E-state index >= 15 is 0 Å². The topological polar surface area (TPSA) is 269 Å². The van der Waals surface area contributed by atoms with Gasteiger partial charge in [-0.05, 0) is 12.1 Å². The Hall–Kier alpha value is -3.29. The molecule has 3 aromatic rings. The molecular weight excluding hydrogens is 556 g/mol. The number of rotatable bonds is 6. The molecule has 16 nitrogen and oxygen atoms in total. The number of aliphatic hydroxyl groups is 7. The van der Waals surface area contributed by atoms with Crippen molar-refractivity contribution in [2.75, 3.05) is 13.2 Å². The van der Waals surface area contributed by atoms with Gasteiger partial charge < -0.3 is 74.4 Å². The second-order valence-electron chi connectivity index (χ2n) is 9.72. The number of benzene rings is 2. The van der Waals surface area contributed by atoms with E-state index in [1.165, 1.54) is 6.07 Å². The summed E-state index contributed by atoms with van der Waals surface area (Å²) in [5.74, 6) is -2.18. The first-order valence-corrected chi connectivity index (χ1v) is 12.4. The van der Waals surface area contributed by atoms with Gasteiger partial charge in [-0.2, -0.15) is 0 Å². The van der Waals surface area contributed by atoms with Gasteiger partial charge in [0.05, 0.1) is 13.2 Å². The monoisotopic (exact) mass is 584 g/mol. The van der Waals surface area contributed by atoms with E-state index < -0.39 is 97.3 Å². The summed E-state index contributed by atoms with van der Waals surface area (Å²) in [5, 5.41) is 101. The first-order valence-electron chi connectivity index (χ1n) is 12.4. The van der Waals surface area contributed by atoms with E-state index in [2.05, 4.69) is 0 Å². The third-order valence-electron chi connectivity index (χ3n) is 7.01. The molecule has 3 heterocycles. The third kappa shape index (κ3) is 5.15. The van der Waals surface area contributed by atoms with E-state index in [0.29, 0.717) is 0 Å². The predicted octanol–water partition coefficient (Wildman–Crippen LogP) is -2.93. The maximum absolute atomic E-state index is 13.3. The van der Waals surface area contributed by atoms with Crippen molar-refractivity contribution in [1.29, 1.82) is 0 Å². The normalized spacial score (nSPS) is 34.2. The lowest BCUT2D eigenvalue weighted by Crippen LogP contribution is -2.62. The van der Waals surface area contributed by atoms with Gasteiger partial charge in [-0.25, -0.2) is 0 Å². The first-order chi connectivity index (χ1) is 19.4. The minimum atomic E-state index is -1.93. The maximum atomic E-state index is 13.3. The van der Waals surface area contributed by atoms with Crippen LogP contribution in [0, 0.1) is 0 Å². The number of phenols is 3. The van der Waals surface area contributed by atoms with Crippen LogP contribution in [0.2, 0.25) is 0 Å². The average Bonchev–Trinajstić information content (AvgIpc) is 2.93. The summed E-state index contributed by atoms with van der Waals surface area (Å²) in [6.07, 6.45) is -17.0. The smallest absolute Gasteiger partial charge is 0.229 e. The minimum Gasteiger partial charge on any atom is -0.508 e. The molecule has 2 aromatic carbocycles. The summed E-state index contributed by atoms with van der Waals surface area (Å²) < 4.78 is 27.4. The van der Waals surface area contributed by atoms with Gasteiger partial charge in [-0.1, -0.05) is 0 Å². The number of aliphatic hydroxyl groups excluding tert-OH is 7. The average molecular weight is 584 g/mol. The van der Waals surface area contributed by atoms with Crippen molar-refractivity contribution < 1.29 is 74.4 Å². The Labute approximate surface area is 229 Å². The van der Waals surface area contributed by atoms with Crippen molar-refractivity contribution in [2.24, 2.45) is 0 Å². The van der Waals surface area contributed by atoms with E-state index in [1.807, 2.05) is 0 Å². The zero-order chi connectivity index (χ0) is 29.7. The van der Waals surface area contributed by atoms with Crippen LogP contribution >= 0.6 is 0 Å². The zero-order valence-corrected chi connectivity index (χ0v) is 20.9. The van der Waals surface area contributed by atoms with Crippen molar-refractivity contribution >= 4 is 21.9 Å². The molecule has 41 heavy (non-hydrogen) atoms. The number of ether oxygens (including phenoxy) is 4. The van der Waals surface area contributed by atoms with Crippen LogP contribution in [0.25, 0.3) is 21.9 Å². The fourth-order valence-electron chi connectivity index (χ4n) is 4.77. The molecule has 2 saturated heterocycles. The molecule has 0 saturated carbocycles. The van der Waals surface area contributed by atoms with Crippen LogP contribution in [0.5, 0.6) is 23.0 Å². The molecule has 224 valence electrons. The Morgan fingerprint density at radius 3 is 2.02 bits per heavy atom. The molecule has 2 aliphatic heterocycles. The molecule has 2 aliphatic rings. The molecule has 0 bridgehead atoms.